The first-order chi connectivity index (χ1) is 9.74. The van der Waals surface area contributed by atoms with Crippen LogP contribution in [0.3, 0.4) is 0 Å². The van der Waals surface area contributed by atoms with E-state index >= 15 is 0 Å². The quantitative estimate of drug-likeness (QED) is 0.852. The zero-order chi connectivity index (χ0) is 13.9. The molecule has 0 spiro atoms. The number of thiazole rings is 1. The molecule has 0 saturated carbocycles. The van der Waals surface area contributed by atoms with Crippen LogP contribution in [0.5, 0.6) is 0 Å². The van der Waals surface area contributed by atoms with E-state index in [0.717, 1.165) is 53.6 Å². The Kier molecular flexibility index (Phi) is 4.07. The first-order valence-electron chi connectivity index (χ1n) is 6.76. The average Bonchev–Trinajstić information content (AvgIpc) is 2.91. The molecule has 1 fully saturated rings. The SMILES string of the molecule is [B]=C(NCC1CCOCC1)c1nc2c(C)ncnc2s1. The Hall–Kier alpha value is -1.34. The van der Waals surface area contributed by atoms with Crippen molar-refractivity contribution in [1.82, 2.24) is 20.3 Å². The van der Waals surface area contributed by atoms with Gasteiger partial charge in [-0.25, -0.2) is 0 Å². The molecule has 20 heavy (non-hydrogen) atoms. The number of fused-ring (bicyclic) bond motifs is 1. The molecule has 2 aromatic heterocycles. The van der Waals surface area contributed by atoms with E-state index in [1.54, 1.807) is 6.33 Å². The van der Waals surface area contributed by atoms with Gasteiger partial charge in [-0.15, -0.1) is 0 Å². The third-order valence-corrected chi connectivity index (χ3v) is 4.53. The number of hydrogen-bond acceptors (Lipinski definition) is 6. The van der Waals surface area contributed by atoms with E-state index < -0.39 is 0 Å². The topological polar surface area (TPSA) is 59.9 Å². The van der Waals surface area contributed by atoms with Gasteiger partial charge in [0, 0.05) is 0 Å². The van der Waals surface area contributed by atoms with Crippen LogP contribution in [0, 0.1) is 12.8 Å². The number of ether oxygens (including phenoxy) is 1. The first kappa shape index (κ1) is 13.6. The molecule has 1 aliphatic heterocycles. The normalized spacial score (nSPS) is 16.4. The molecule has 5 nitrogen and oxygen atoms in total. The molecule has 3 rings (SSSR count). The second kappa shape index (κ2) is 5.97. The fourth-order valence-electron chi connectivity index (χ4n) is 2.26. The van der Waals surface area contributed by atoms with Gasteiger partial charge in [0.05, 0.1) is 0 Å². The maximum atomic E-state index is 6.10. The standard InChI is InChI=1S/C13H16BN4OS/c1-8-10-12(17-7-16-8)20-13(18-10)11(14)15-6-9-2-4-19-5-3-9/h7,9,15H,2-6H2,1H3. The minimum atomic E-state index is 0.623. The second-order valence-electron chi connectivity index (χ2n) is 4.98. The van der Waals surface area contributed by atoms with Crippen molar-refractivity contribution in [2.45, 2.75) is 19.8 Å². The fourth-order valence-corrected chi connectivity index (χ4v) is 3.15. The summed E-state index contributed by atoms with van der Waals surface area (Å²) in [5.74, 6) is 0.623. The third kappa shape index (κ3) is 2.88. The van der Waals surface area contributed by atoms with Crippen molar-refractivity contribution in [2.24, 2.45) is 5.92 Å². The van der Waals surface area contributed by atoms with Crippen molar-refractivity contribution >= 4 is 34.8 Å². The van der Waals surface area contributed by atoms with Crippen molar-refractivity contribution in [1.29, 1.82) is 0 Å². The van der Waals surface area contributed by atoms with Crippen molar-refractivity contribution < 1.29 is 4.74 Å². The van der Waals surface area contributed by atoms with E-state index in [-0.39, 0.29) is 0 Å². The van der Waals surface area contributed by atoms with Crippen LogP contribution < -0.4 is 5.32 Å². The molecular weight excluding hydrogens is 271 g/mol. The molecule has 0 amide bonds. The number of nitrogens with one attached hydrogen (secondary N) is 1. The molecule has 3 heterocycles. The first-order valence-corrected chi connectivity index (χ1v) is 7.58. The number of nitrogens with zero attached hydrogens (tertiary/aromatic N) is 3. The van der Waals surface area contributed by atoms with Crippen LogP contribution in [0.4, 0.5) is 0 Å². The van der Waals surface area contributed by atoms with Crippen LogP contribution in [-0.4, -0.2) is 47.8 Å². The van der Waals surface area contributed by atoms with Gasteiger partial charge in [0.2, 0.25) is 0 Å². The molecule has 103 valence electrons. The van der Waals surface area contributed by atoms with Crippen LogP contribution >= 0.6 is 11.3 Å². The summed E-state index contributed by atoms with van der Waals surface area (Å²) in [5, 5.41) is 4.08. The molecule has 0 aliphatic carbocycles. The second-order valence-corrected chi connectivity index (χ2v) is 5.96. The summed E-state index contributed by atoms with van der Waals surface area (Å²) in [5.41, 5.74) is 2.34. The number of aryl methyl sites for hydroxylation is 1. The van der Waals surface area contributed by atoms with Gasteiger partial charge in [-0.3, -0.25) is 0 Å². The number of aromatic nitrogens is 3. The van der Waals surface area contributed by atoms with Gasteiger partial charge in [-0.1, -0.05) is 0 Å². The molecule has 0 unspecified atom stereocenters. The van der Waals surface area contributed by atoms with Crippen molar-refractivity contribution in [3.8, 4) is 0 Å². The summed E-state index contributed by atoms with van der Waals surface area (Å²) >= 11 is 1.49. The van der Waals surface area contributed by atoms with E-state index in [1.165, 1.54) is 11.3 Å². The summed E-state index contributed by atoms with van der Waals surface area (Å²) in [6.45, 7) is 4.50. The third-order valence-electron chi connectivity index (χ3n) is 3.53. The van der Waals surface area contributed by atoms with E-state index in [1.807, 2.05) is 6.92 Å². The summed E-state index contributed by atoms with van der Waals surface area (Å²) in [7, 11) is 6.10. The summed E-state index contributed by atoms with van der Waals surface area (Å²) in [6.07, 6.45) is 3.74. The number of hydrogen-bond donors (Lipinski definition) is 1. The molecule has 2 aromatic rings. The molecular formula is C13H16BN4OS. The fraction of sp³-hybridized carbons (Fsp3) is 0.538. The van der Waals surface area contributed by atoms with E-state index in [4.69, 9.17) is 12.2 Å². The van der Waals surface area contributed by atoms with Crippen molar-refractivity contribution in [3.63, 3.8) is 0 Å². The van der Waals surface area contributed by atoms with Gasteiger partial charge in [0.15, 0.2) is 0 Å². The van der Waals surface area contributed by atoms with Crippen LogP contribution in [-0.2, 0) is 4.74 Å². The molecule has 7 heteroatoms. The van der Waals surface area contributed by atoms with E-state index in [2.05, 4.69) is 20.3 Å². The predicted octanol–water partition coefficient (Wildman–Crippen LogP) is 1.06. The van der Waals surface area contributed by atoms with Gasteiger partial charge in [0.25, 0.3) is 0 Å². The van der Waals surface area contributed by atoms with Crippen LogP contribution in [0.15, 0.2) is 6.33 Å². The average molecular weight is 287 g/mol. The molecule has 0 atom stereocenters. The minimum absolute atomic E-state index is 0.623. The van der Waals surface area contributed by atoms with Gasteiger partial charge in [0.1, 0.15) is 0 Å². The Morgan fingerprint density at radius 2 is 2.25 bits per heavy atom. The molecule has 1 radical (unpaired) electrons. The zero-order valence-corrected chi connectivity index (χ0v) is 12.2. The van der Waals surface area contributed by atoms with Gasteiger partial charge < -0.3 is 0 Å². The van der Waals surface area contributed by atoms with Gasteiger partial charge in [-0.2, -0.15) is 0 Å². The van der Waals surface area contributed by atoms with Gasteiger partial charge in [-0.05, 0) is 0 Å². The van der Waals surface area contributed by atoms with Crippen molar-refractivity contribution in [3.05, 3.63) is 17.0 Å². The predicted molar refractivity (Wildman–Crippen MR) is 81.4 cm³/mol. The Morgan fingerprint density at radius 1 is 1.45 bits per heavy atom. The van der Waals surface area contributed by atoms with Crippen LogP contribution in [0.2, 0.25) is 0 Å². The molecule has 0 bridgehead atoms. The molecule has 0 aromatic carbocycles. The molecule has 1 saturated heterocycles. The Bertz CT molecular complexity index is 624. The maximum absolute atomic E-state index is 6.10. The molecule has 1 N–H and O–H groups in total. The summed E-state index contributed by atoms with van der Waals surface area (Å²) in [6, 6.07) is 0. The summed E-state index contributed by atoms with van der Waals surface area (Å²) in [4.78, 5) is 13.8. The Labute approximate surface area is 122 Å². The zero-order valence-electron chi connectivity index (χ0n) is 11.4. The van der Waals surface area contributed by atoms with E-state index in [9.17, 15) is 0 Å². The number of rotatable bonds is 4. The van der Waals surface area contributed by atoms with Crippen LogP contribution in [0.1, 0.15) is 23.5 Å². The van der Waals surface area contributed by atoms with E-state index in [0.29, 0.717) is 11.5 Å². The monoisotopic (exact) mass is 287 g/mol. The molecule has 1 aliphatic rings. The van der Waals surface area contributed by atoms with Crippen molar-refractivity contribution in [2.75, 3.05) is 19.8 Å². The van der Waals surface area contributed by atoms with Gasteiger partial charge >= 0.3 is 122 Å². The summed E-state index contributed by atoms with van der Waals surface area (Å²) < 4.78 is 5.35. The van der Waals surface area contributed by atoms with Crippen LogP contribution in [0.25, 0.3) is 10.3 Å². The Morgan fingerprint density at radius 3 is 3.00 bits per heavy atom. The Balaban J connectivity index is 1.67.